The summed E-state index contributed by atoms with van der Waals surface area (Å²) < 4.78 is 1.03. The van der Waals surface area contributed by atoms with E-state index in [2.05, 4.69) is 64.6 Å². The van der Waals surface area contributed by atoms with E-state index in [0.29, 0.717) is 0 Å². The molecule has 1 heterocycles. The second-order valence-electron chi connectivity index (χ2n) is 5.66. The first-order chi connectivity index (χ1) is 9.59. The van der Waals surface area contributed by atoms with Crippen molar-refractivity contribution in [2.45, 2.75) is 18.8 Å². The SMILES string of the molecule is Cc1ccc(C2(Cc3ccc(Br)cc3Cl)CNC2)cc1. The van der Waals surface area contributed by atoms with Gasteiger partial charge in [-0.3, -0.25) is 0 Å². The minimum atomic E-state index is 0.186. The molecule has 0 saturated carbocycles. The topological polar surface area (TPSA) is 12.0 Å². The molecule has 1 fully saturated rings. The molecule has 3 rings (SSSR count). The number of hydrogen-bond donors (Lipinski definition) is 1. The fraction of sp³-hybridized carbons (Fsp3) is 0.294. The van der Waals surface area contributed by atoms with Crippen LogP contribution in [0.25, 0.3) is 0 Å². The van der Waals surface area contributed by atoms with Gasteiger partial charge in [-0.15, -0.1) is 0 Å². The lowest BCUT2D eigenvalue weighted by Crippen LogP contribution is -2.58. The van der Waals surface area contributed by atoms with Gasteiger partial charge in [-0.1, -0.05) is 63.4 Å². The Morgan fingerprint density at radius 3 is 2.40 bits per heavy atom. The van der Waals surface area contributed by atoms with Crippen LogP contribution in [0.1, 0.15) is 16.7 Å². The minimum absolute atomic E-state index is 0.186. The van der Waals surface area contributed by atoms with E-state index in [-0.39, 0.29) is 5.41 Å². The first-order valence-corrected chi connectivity index (χ1v) is 7.98. The first-order valence-electron chi connectivity index (χ1n) is 6.81. The Bertz CT molecular complexity index is 617. The van der Waals surface area contributed by atoms with E-state index in [4.69, 9.17) is 11.6 Å². The van der Waals surface area contributed by atoms with E-state index in [9.17, 15) is 0 Å². The third-order valence-corrected chi connectivity index (χ3v) is 4.98. The van der Waals surface area contributed by atoms with Crippen LogP contribution in [0.5, 0.6) is 0 Å². The number of halogens is 2. The third kappa shape index (κ3) is 2.65. The molecule has 0 amide bonds. The van der Waals surface area contributed by atoms with Crippen molar-refractivity contribution >= 4 is 27.5 Å². The van der Waals surface area contributed by atoms with E-state index in [1.807, 2.05) is 6.07 Å². The van der Waals surface area contributed by atoms with Crippen LogP contribution in [0.2, 0.25) is 5.02 Å². The van der Waals surface area contributed by atoms with Crippen LogP contribution in [0.3, 0.4) is 0 Å². The highest BCUT2D eigenvalue weighted by Crippen LogP contribution is 2.35. The lowest BCUT2D eigenvalue weighted by Gasteiger charge is -2.43. The summed E-state index contributed by atoms with van der Waals surface area (Å²) in [6.45, 7) is 4.16. The Balaban J connectivity index is 1.91. The molecule has 1 aliphatic heterocycles. The van der Waals surface area contributed by atoms with E-state index < -0.39 is 0 Å². The van der Waals surface area contributed by atoms with E-state index in [0.717, 1.165) is 29.0 Å². The second-order valence-corrected chi connectivity index (χ2v) is 6.99. The highest BCUT2D eigenvalue weighted by Gasteiger charge is 2.38. The first kappa shape index (κ1) is 14.1. The molecule has 0 radical (unpaired) electrons. The summed E-state index contributed by atoms with van der Waals surface area (Å²) in [5.74, 6) is 0. The molecule has 2 aromatic carbocycles. The molecular formula is C17H17BrClN. The molecule has 104 valence electrons. The van der Waals surface area contributed by atoms with Gasteiger partial charge in [0.15, 0.2) is 0 Å². The maximum absolute atomic E-state index is 6.38. The van der Waals surface area contributed by atoms with Gasteiger partial charge in [0.05, 0.1) is 0 Å². The Morgan fingerprint density at radius 1 is 1.15 bits per heavy atom. The molecule has 0 atom stereocenters. The number of rotatable bonds is 3. The standard InChI is InChI=1S/C17H17BrClN/c1-12-2-5-14(6-3-12)17(10-20-11-17)9-13-4-7-15(18)8-16(13)19/h2-8,20H,9-11H2,1H3. The minimum Gasteiger partial charge on any atom is -0.315 e. The Kier molecular flexibility index (Phi) is 3.89. The summed E-state index contributed by atoms with van der Waals surface area (Å²) in [4.78, 5) is 0. The summed E-state index contributed by atoms with van der Waals surface area (Å²) in [5.41, 5.74) is 4.11. The maximum atomic E-state index is 6.38. The normalized spacial score (nSPS) is 16.8. The van der Waals surface area contributed by atoms with Gasteiger partial charge in [-0.05, 0) is 36.6 Å². The zero-order valence-electron chi connectivity index (χ0n) is 11.4. The van der Waals surface area contributed by atoms with Crippen LogP contribution in [0, 0.1) is 6.92 Å². The van der Waals surface area contributed by atoms with Gasteiger partial charge in [-0.2, -0.15) is 0 Å². The molecule has 1 aliphatic rings. The van der Waals surface area contributed by atoms with Crippen LogP contribution in [0.4, 0.5) is 0 Å². The van der Waals surface area contributed by atoms with Crippen molar-refractivity contribution in [2.24, 2.45) is 0 Å². The van der Waals surface area contributed by atoms with Crippen LogP contribution in [0.15, 0.2) is 46.9 Å². The lowest BCUT2D eigenvalue weighted by atomic mass is 9.71. The van der Waals surface area contributed by atoms with Gasteiger partial charge in [0.25, 0.3) is 0 Å². The van der Waals surface area contributed by atoms with E-state index in [1.54, 1.807) is 0 Å². The Hall–Kier alpha value is -0.830. The maximum Gasteiger partial charge on any atom is 0.0449 e. The quantitative estimate of drug-likeness (QED) is 0.859. The van der Waals surface area contributed by atoms with Gasteiger partial charge in [0, 0.05) is 28.0 Å². The number of aryl methyl sites for hydroxylation is 1. The van der Waals surface area contributed by atoms with Gasteiger partial charge in [-0.25, -0.2) is 0 Å². The molecule has 1 nitrogen and oxygen atoms in total. The van der Waals surface area contributed by atoms with Crippen LogP contribution in [-0.2, 0) is 11.8 Å². The van der Waals surface area contributed by atoms with Crippen molar-refractivity contribution in [3.05, 3.63) is 68.7 Å². The van der Waals surface area contributed by atoms with Crippen LogP contribution < -0.4 is 5.32 Å². The average Bonchev–Trinajstić information content (AvgIpc) is 2.37. The Labute approximate surface area is 133 Å². The van der Waals surface area contributed by atoms with Crippen molar-refractivity contribution in [2.75, 3.05) is 13.1 Å². The third-order valence-electron chi connectivity index (χ3n) is 4.13. The monoisotopic (exact) mass is 349 g/mol. The predicted molar refractivity (Wildman–Crippen MR) is 88.6 cm³/mol. The van der Waals surface area contributed by atoms with Crippen molar-refractivity contribution in [3.63, 3.8) is 0 Å². The molecule has 2 aromatic rings. The second kappa shape index (κ2) is 5.51. The molecule has 20 heavy (non-hydrogen) atoms. The number of nitrogens with one attached hydrogen (secondary N) is 1. The zero-order chi connectivity index (χ0) is 14.2. The van der Waals surface area contributed by atoms with Crippen LogP contribution in [-0.4, -0.2) is 13.1 Å². The fourth-order valence-corrected chi connectivity index (χ4v) is 3.53. The summed E-state index contributed by atoms with van der Waals surface area (Å²) in [6, 6.07) is 15.1. The molecular weight excluding hydrogens is 334 g/mol. The molecule has 0 unspecified atom stereocenters. The molecule has 0 bridgehead atoms. The molecule has 0 aromatic heterocycles. The van der Waals surface area contributed by atoms with E-state index in [1.165, 1.54) is 16.7 Å². The highest BCUT2D eigenvalue weighted by atomic mass is 79.9. The van der Waals surface area contributed by atoms with Crippen molar-refractivity contribution in [1.82, 2.24) is 5.32 Å². The van der Waals surface area contributed by atoms with Crippen molar-refractivity contribution < 1.29 is 0 Å². The highest BCUT2D eigenvalue weighted by molar-refractivity contribution is 9.10. The molecule has 1 saturated heterocycles. The van der Waals surface area contributed by atoms with E-state index >= 15 is 0 Å². The summed E-state index contributed by atoms with van der Waals surface area (Å²) in [6.07, 6.45) is 0.981. The van der Waals surface area contributed by atoms with Crippen molar-refractivity contribution in [1.29, 1.82) is 0 Å². The average molecular weight is 351 g/mol. The van der Waals surface area contributed by atoms with Gasteiger partial charge < -0.3 is 5.32 Å². The molecule has 1 N–H and O–H groups in total. The summed E-state index contributed by atoms with van der Waals surface area (Å²) in [5, 5.41) is 4.26. The number of hydrogen-bond acceptors (Lipinski definition) is 1. The molecule has 3 heteroatoms. The predicted octanol–water partition coefficient (Wildman–Crippen LogP) is 4.49. The van der Waals surface area contributed by atoms with Gasteiger partial charge >= 0.3 is 0 Å². The van der Waals surface area contributed by atoms with Gasteiger partial charge in [0.2, 0.25) is 0 Å². The fourth-order valence-electron chi connectivity index (χ4n) is 2.79. The van der Waals surface area contributed by atoms with Gasteiger partial charge in [0.1, 0.15) is 0 Å². The molecule has 0 aliphatic carbocycles. The smallest absolute Gasteiger partial charge is 0.0449 e. The lowest BCUT2D eigenvalue weighted by molar-refractivity contribution is 0.275. The largest absolute Gasteiger partial charge is 0.315 e. The van der Waals surface area contributed by atoms with Crippen LogP contribution >= 0.6 is 27.5 Å². The summed E-state index contributed by atoms with van der Waals surface area (Å²) in [7, 11) is 0. The number of benzene rings is 2. The molecule has 0 spiro atoms. The zero-order valence-corrected chi connectivity index (χ0v) is 13.8. The Morgan fingerprint density at radius 2 is 1.85 bits per heavy atom. The van der Waals surface area contributed by atoms with Crippen molar-refractivity contribution in [3.8, 4) is 0 Å². The summed E-state index contributed by atoms with van der Waals surface area (Å²) >= 11 is 9.84.